The maximum absolute atomic E-state index is 12.6. The van der Waals surface area contributed by atoms with E-state index >= 15 is 0 Å². The van der Waals surface area contributed by atoms with Crippen molar-refractivity contribution < 1.29 is 14.3 Å². The maximum Gasteiger partial charge on any atom is 0.311 e. The number of carbonyl (C=O) groups is 2. The summed E-state index contributed by atoms with van der Waals surface area (Å²) in [6.45, 7) is 5.69. The summed E-state index contributed by atoms with van der Waals surface area (Å²) in [5.74, 6) is -0.757. The zero-order chi connectivity index (χ0) is 19.6. The first-order valence-corrected chi connectivity index (χ1v) is 9.93. The Balaban J connectivity index is 1.70. The minimum atomic E-state index is -0.389. The number of fused-ring (bicyclic) bond motifs is 1. The Bertz CT molecular complexity index is 1070. The number of rotatable bonds is 6. The Hall–Kier alpha value is -2.59. The highest BCUT2D eigenvalue weighted by Gasteiger charge is 2.15. The van der Waals surface area contributed by atoms with Crippen LogP contribution in [0.3, 0.4) is 0 Å². The fourth-order valence-corrected chi connectivity index (χ4v) is 4.22. The molecular weight excluding hydrogens is 388 g/mol. The first kappa shape index (κ1) is 19.2. The van der Waals surface area contributed by atoms with Gasteiger partial charge in [0.2, 0.25) is 5.91 Å². The third-order valence-electron chi connectivity index (χ3n) is 3.90. The second-order valence-electron chi connectivity index (χ2n) is 5.81. The van der Waals surface area contributed by atoms with Gasteiger partial charge in [0.05, 0.1) is 30.4 Å². The number of thiazole rings is 1. The Morgan fingerprint density at radius 1 is 1.33 bits per heavy atom. The summed E-state index contributed by atoms with van der Waals surface area (Å²) in [5.41, 5.74) is 1.18. The minimum absolute atomic E-state index is 0.0526. The molecule has 0 atom stereocenters. The third-order valence-corrected chi connectivity index (χ3v) is 5.82. The summed E-state index contributed by atoms with van der Waals surface area (Å²) in [5, 5.41) is 5.25. The van der Waals surface area contributed by atoms with Crippen LogP contribution in [-0.4, -0.2) is 33.0 Å². The molecule has 3 aromatic rings. The van der Waals surface area contributed by atoms with Crippen LogP contribution in [0.1, 0.15) is 23.1 Å². The molecule has 3 aromatic heterocycles. The maximum atomic E-state index is 12.6. The van der Waals surface area contributed by atoms with Gasteiger partial charge in [-0.15, -0.1) is 22.7 Å². The summed E-state index contributed by atoms with van der Waals surface area (Å²) in [6.07, 6.45) is 1.44. The molecule has 10 heteroatoms. The SMILES string of the molecule is CCOC(=O)Cc1csc(NC(=O)Cn2cnc3sc(C)c(C)c3c2=O)n1. The number of hydrogen-bond donors (Lipinski definition) is 1. The van der Waals surface area contributed by atoms with Crippen LogP contribution in [0.15, 0.2) is 16.5 Å². The average Bonchev–Trinajstić information content (AvgIpc) is 3.15. The number of aryl methyl sites for hydroxylation is 2. The molecule has 0 saturated heterocycles. The van der Waals surface area contributed by atoms with Crippen molar-refractivity contribution in [2.24, 2.45) is 0 Å². The van der Waals surface area contributed by atoms with E-state index in [0.29, 0.717) is 27.6 Å². The van der Waals surface area contributed by atoms with Crippen LogP contribution in [0.4, 0.5) is 5.13 Å². The molecule has 0 radical (unpaired) electrons. The molecule has 0 saturated carbocycles. The van der Waals surface area contributed by atoms with E-state index in [2.05, 4.69) is 15.3 Å². The molecule has 8 nitrogen and oxygen atoms in total. The molecule has 27 heavy (non-hydrogen) atoms. The van der Waals surface area contributed by atoms with Gasteiger partial charge in [-0.1, -0.05) is 0 Å². The van der Waals surface area contributed by atoms with E-state index in [-0.39, 0.29) is 30.4 Å². The quantitative estimate of drug-likeness (QED) is 0.630. The smallest absolute Gasteiger partial charge is 0.311 e. The number of anilines is 1. The van der Waals surface area contributed by atoms with Crippen molar-refractivity contribution in [1.82, 2.24) is 14.5 Å². The number of esters is 1. The summed E-state index contributed by atoms with van der Waals surface area (Å²) >= 11 is 2.67. The lowest BCUT2D eigenvalue weighted by Gasteiger charge is -2.05. The molecule has 0 unspecified atom stereocenters. The van der Waals surface area contributed by atoms with E-state index in [4.69, 9.17) is 4.74 Å². The molecule has 0 fully saturated rings. The Kier molecular flexibility index (Phi) is 5.66. The van der Waals surface area contributed by atoms with Gasteiger partial charge in [0.1, 0.15) is 11.4 Å². The topological polar surface area (TPSA) is 103 Å². The minimum Gasteiger partial charge on any atom is -0.466 e. The molecule has 1 amide bonds. The van der Waals surface area contributed by atoms with Crippen LogP contribution in [0.25, 0.3) is 10.2 Å². The summed E-state index contributed by atoms with van der Waals surface area (Å²) < 4.78 is 6.15. The first-order valence-electron chi connectivity index (χ1n) is 8.24. The summed E-state index contributed by atoms with van der Waals surface area (Å²) in [4.78, 5) is 46.5. The lowest BCUT2D eigenvalue weighted by molar-refractivity contribution is -0.142. The van der Waals surface area contributed by atoms with Crippen LogP contribution in [-0.2, 0) is 27.3 Å². The highest BCUT2D eigenvalue weighted by atomic mass is 32.1. The number of aromatic nitrogens is 3. The van der Waals surface area contributed by atoms with Crippen molar-refractivity contribution >= 4 is 49.9 Å². The van der Waals surface area contributed by atoms with Gasteiger partial charge in [-0.25, -0.2) is 9.97 Å². The van der Waals surface area contributed by atoms with Crippen molar-refractivity contribution in [2.75, 3.05) is 11.9 Å². The van der Waals surface area contributed by atoms with Crippen LogP contribution in [0.2, 0.25) is 0 Å². The second-order valence-corrected chi connectivity index (χ2v) is 7.88. The van der Waals surface area contributed by atoms with E-state index in [1.54, 1.807) is 12.3 Å². The molecule has 0 aromatic carbocycles. The largest absolute Gasteiger partial charge is 0.466 e. The van der Waals surface area contributed by atoms with E-state index in [1.807, 2.05) is 13.8 Å². The van der Waals surface area contributed by atoms with Crippen LogP contribution in [0.5, 0.6) is 0 Å². The third kappa shape index (κ3) is 4.22. The van der Waals surface area contributed by atoms with Crippen LogP contribution >= 0.6 is 22.7 Å². The van der Waals surface area contributed by atoms with Gasteiger partial charge >= 0.3 is 5.97 Å². The number of carbonyl (C=O) groups excluding carboxylic acids is 2. The number of nitrogens with zero attached hydrogens (tertiary/aromatic N) is 3. The number of thiophene rings is 1. The van der Waals surface area contributed by atoms with Gasteiger partial charge in [0.15, 0.2) is 5.13 Å². The highest BCUT2D eigenvalue weighted by Crippen LogP contribution is 2.25. The predicted molar refractivity (Wildman–Crippen MR) is 104 cm³/mol. The monoisotopic (exact) mass is 406 g/mol. The fourth-order valence-electron chi connectivity index (χ4n) is 2.50. The van der Waals surface area contributed by atoms with Gasteiger partial charge in [-0.05, 0) is 26.3 Å². The van der Waals surface area contributed by atoms with Crippen molar-refractivity contribution in [3.63, 3.8) is 0 Å². The van der Waals surface area contributed by atoms with Gasteiger partial charge in [-0.3, -0.25) is 19.0 Å². The molecule has 3 rings (SSSR count). The molecule has 142 valence electrons. The molecular formula is C17H18N4O4S2. The Morgan fingerprint density at radius 3 is 2.85 bits per heavy atom. The molecule has 0 aliphatic heterocycles. The van der Waals surface area contributed by atoms with Gasteiger partial charge in [0, 0.05) is 10.3 Å². The number of hydrogen-bond acceptors (Lipinski definition) is 8. The van der Waals surface area contributed by atoms with Crippen molar-refractivity contribution in [1.29, 1.82) is 0 Å². The van der Waals surface area contributed by atoms with E-state index in [9.17, 15) is 14.4 Å². The van der Waals surface area contributed by atoms with Crippen LogP contribution < -0.4 is 10.9 Å². The Morgan fingerprint density at radius 2 is 2.11 bits per heavy atom. The van der Waals surface area contributed by atoms with Gasteiger partial charge in [0.25, 0.3) is 5.56 Å². The standard InChI is InChI=1S/C17H18N4O4S2/c1-4-25-13(23)5-11-7-26-17(19-11)20-12(22)6-21-8-18-15-14(16(21)24)9(2)10(3)27-15/h7-8H,4-6H2,1-3H3,(H,19,20,22). The zero-order valence-electron chi connectivity index (χ0n) is 15.1. The molecule has 0 bridgehead atoms. The van der Waals surface area contributed by atoms with E-state index in [0.717, 1.165) is 10.4 Å². The molecule has 0 spiro atoms. The predicted octanol–water partition coefficient (Wildman–Crippen LogP) is 2.28. The van der Waals surface area contributed by atoms with Crippen molar-refractivity contribution in [3.05, 3.63) is 38.2 Å². The lowest BCUT2D eigenvalue weighted by atomic mass is 10.2. The summed E-state index contributed by atoms with van der Waals surface area (Å²) in [6, 6.07) is 0. The Labute approximate surface area is 162 Å². The molecule has 0 aliphatic rings. The second kappa shape index (κ2) is 7.97. The van der Waals surface area contributed by atoms with Gasteiger partial charge in [-0.2, -0.15) is 0 Å². The normalized spacial score (nSPS) is 10.9. The number of ether oxygens (including phenoxy) is 1. The average molecular weight is 406 g/mol. The molecule has 3 heterocycles. The fraction of sp³-hybridized carbons (Fsp3) is 0.353. The number of nitrogens with one attached hydrogen (secondary N) is 1. The highest BCUT2D eigenvalue weighted by molar-refractivity contribution is 7.18. The molecule has 0 aliphatic carbocycles. The molecule has 1 N–H and O–H groups in total. The number of amides is 1. The van der Waals surface area contributed by atoms with Gasteiger partial charge < -0.3 is 10.1 Å². The lowest BCUT2D eigenvalue weighted by Crippen LogP contribution is -2.27. The van der Waals surface area contributed by atoms with Crippen molar-refractivity contribution in [3.8, 4) is 0 Å². The first-order chi connectivity index (χ1) is 12.9. The van der Waals surface area contributed by atoms with E-state index < -0.39 is 0 Å². The van der Waals surface area contributed by atoms with Crippen LogP contribution in [0, 0.1) is 13.8 Å². The summed E-state index contributed by atoms with van der Waals surface area (Å²) in [7, 11) is 0. The van der Waals surface area contributed by atoms with E-state index in [1.165, 1.54) is 33.6 Å². The van der Waals surface area contributed by atoms with Crippen molar-refractivity contribution in [2.45, 2.75) is 33.7 Å². The zero-order valence-corrected chi connectivity index (χ0v) is 16.7.